The summed E-state index contributed by atoms with van der Waals surface area (Å²) in [6.45, 7) is 4.35. The van der Waals surface area contributed by atoms with E-state index in [1.54, 1.807) is 36.5 Å². The molecule has 0 aliphatic carbocycles. The highest BCUT2D eigenvalue weighted by Gasteiger charge is 2.12. The van der Waals surface area contributed by atoms with E-state index in [4.69, 9.17) is 13.9 Å². The Bertz CT molecular complexity index is 1030. The lowest BCUT2D eigenvalue weighted by Gasteiger charge is -2.06. The third kappa shape index (κ3) is 6.18. The van der Waals surface area contributed by atoms with Crippen molar-refractivity contribution in [3.8, 4) is 11.5 Å². The van der Waals surface area contributed by atoms with E-state index in [9.17, 15) is 9.59 Å². The number of thioether (sulfide) groups is 1. The highest BCUT2D eigenvalue weighted by Crippen LogP contribution is 2.19. The standard InChI is InChI=1S/C21H20N2O5S/c1-3-26-16-6-4-15(5-7-16)10-20(25)28-19-12-27-17(11-18(19)24)13-29-21-22-9-8-14(2)23-21/h4-9,11-12H,3,10,13H2,1-2H3. The SMILES string of the molecule is CCOc1ccc(CC(=O)Oc2coc(CSc3nccc(C)n3)cc2=O)cc1. The first-order chi connectivity index (χ1) is 14.0. The second kappa shape index (κ2) is 9.88. The van der Waals surface area contributed by atoms with Gasteiger partial charge in [0.1, 0.15) is 17.8 Å². The van der Waals surface area contributed by atoms with E-state index in [-0.39, 0.29) is 12.2 Å². The number of carbonyl (C=O) groups is 1. The number of esters is 1. The number of aryl methyl sites for hydroxylation is 1. The summed E-state index contributed by atoms with van der Waals surface area (Å²) in [4.78, 5) is 32.8. The van der Waals surface area contributed by atoms with Crippen LogP contribution in [0.5, 0.6) is 11.5 Å². The van der Waals surface area contributed by atoms with E-state index >= 15 is 0 Å². The number of benzene rings is 1. The number of ether oxygens (including phenoxy) is 2. The molecular weight excluding hydrogens is 392 g/mol. The smallest absolute Gasteiger partial charge is 0.315 e. The minimum Gasteiger partial charge on any atom is -0.494 e. The van der Waals surface area contributed by atoms with Crippen LogP contribution in [0.4, 0.5) is 0 Å². The van der Waals surface area contributed by atoms with Crippen molar-refractivity contribution in [2.24, 2.45) is 0 Å². The van der Waals surface area contributed by atoms with Crippen LogP contribution in [0, 0.1) is 6.92 Å². The lowest BCUT2D eigenvalue weighted by atomic mass is 10.1. The van der Waals surface area contributed by atoms with Gasteiger partial charge in [0.15, 0.2) is 5.16 Å². The summed E-state index contributed by atoms with van der Waals surface area (Å²) in [7, 11) is 0. The Kier molecular flexibility index (Phi) is 7.02. The van der Waals surface area contributed by atoms with Gasteiger partial charge in [-0.2, -0.15) is 0 Å². The Hall–Kier alpha value is -3.13. The molecule has 2 heterocycles. The molecule has 29 heavy (non-hydrogen) atoms. The fraction of sp³-hybridized carbons (Fsp3) is 0.238. The third-order valence-electron chi connectivity index (χ3n) is 3.78. The van der Waals surface area contributed by atoms with Gasteiger partial charge in [-0.3, -0.25) is 9.59 Å². The first-order valence-corrected chi connectivity index (χ1v) is 9.98. The van der Waals surface area contributed by atoms with Crippen LogP contribution in [0.1, 0.15) is 23.9 Å². The van der Waals surface area contributed by atoms with Crippen molar-refractivity contribution in [3.05, 3.63) is 76.1 Å². The zero-order chi connectivity index (χ0) is 20.6. The lowest BCUT2D eigenvalue weighted by molar-refractivity contribution is -0.133. The van der Waals surface area contributed by atoms with Crippen LogP contribution in [-0.4, -0.2) is 22.5 Å². The second-order valence-corrected chi connectivity index (χ2v) is 7.01. The molecule has 0 atom stereocenters. The Morgan fingerprint density at radius 3 is 2.69 bits per heavy atom. The van der Waals surface area contributed by atoms with Crippen molar-refractivity contribution in [2.45, 2.75) is 31.2 Å². The maximum absolute atomic E-state index is 12.2. The van der Waals surface area contributed by atoms with Crippen molar-refractivity contribution in [1.82, 2.24) is 9.97 Å². The summed E-state index contributed by atoms with van der Waals surface area (Å²) in [5, 5.41) is 0.596. The minimum absolute atomic E-state index is 0.0359. The Morgan fingerprint density at radius 2 is 2.00 bits per heavy atom. The molecule has 0 N–H and O–H groups in total. The molecule has 0 fully saturated rings. The molecule has 0 spiro atoms. The summed E-state index contributed by atoms with van der Waals surface area (Å²) in [6.07, 6.45) is 2.87. The maximum Gasteiger partial charge on any atom is 0.315 e. The Labute approximate surface area is 172 Å². The average molecular weight is 412 g/mol. The number of carbonyl (C=O) groups excluding carboxylic acids is 1. The van der Waals surface area contributed by atoms with Gasteiger partial charge in [-0.1, -0.05) is 23.9 Å². The van der Waals surface area contributed by atoms with Crippen molar-refractivity contribution in [1.29, 1.82) is 0 Å². The number of rotatable bonds is 8. The first-order valence-electron chi connectivity index (χ1n) is 9.00. The molecule has 7 nitrogen and oxygen atoms in total. The maximum atomic E-state index is 12.2. The predicted molar refractivity (Wildman–Crippen MR) is 108 cm³/mol. The Morgan fingerprint density at radius 1 is 1.21 bits per heavy atom. The molecule has 8 heteroatoms. The van der Waals surface area contributed by atoms with Gasteiger partial charge in [0.25, 0.3) is 0 Å². The van der Waals surface area contributed by atoms with E-state index in [0.717, 1.165) is 23.3 Å². The topological polar surface area (TPSA) is 91.5 Å². The third-order valence-corrected chi connectivity index (χ3v) is 4.66. The van der Waals surface area contributed by atoms with E-state index in [2.05, 4.69) is 9.97 Å². The van der Waals surface area contributed by atoms with Crippen LogP contribution in [0.25, 0.3) is 0 Å². The quantitative estimate of drug-likeness (QED) is 0.315. The fourth-order valence-electron chi connectivity index (χ4n) is 2.42. The summed E-state index contributed by atoms with van der Waals surface area (Å²) >= 11 is 1.35. The van der Waals surface area contributed by atoms with Gasteiger partial charge in [-0.15, -0.1) is 0 Å². The van der Waals surface area contributed by atoms with E-state index in [1.165, 1.54) is 17.8 Å². The summed E-state index contributed by atoms with van der Waals surface area (Å²) in [5.41, 5.74) is 1.20. The lowest BCUT2D eigenvalue weighted by Crippen LogP contribution is -2.16. The summed E-state index contributed by atoms with van der Waals surface area (Å²) in [5.74, 6) is 0.878. The van der Waals surface area contributed by atoms with E-state index in [1.807, 2.05) is 13.8 Å². The molecule has 0 saturated carbocycles. The molecule has 0 amide bonds. The zero-order valence-electron chi connectivity index (χ0n) is 16.1. The molecule has 3 rings (SSSR count). The predicted octanol–water partition coefficient (Wildman–Crippen LogP) is 3.58. The van der Waals surface area contributed by atoms with E-state index in [0.29, 0.717) is 23.3 Å². The largest absolute Gasteiger partial charge is 0.494 e. The number of hydrogen-bond acceptors (Lipinski definition) is 8. The van der Waals surface area contributed by atoms with Gasteiger partial charge < -0.3 is 13.9 Å². The van der Waals surface area contributed by atoms with Crippen LogP contribution in [0.15, 0.2) is 63.2 Å². The molecule has 0 aliphatic rings. The van der Waals surface area contributed by atoms with Gasteiger partial charge in [0, 0.05) is 18.0 Å². The van der Waals surface area contributed by atoms with Crippen LogP contribution >= 0.6 is 11.8 Å². The van der Waals surface area contributed by atoms with Gasteiger partial charge in [-0.05, 0) is 37.6 Å². The van der Waals surface area contributed by atoms with Gasteiger partial charge in [0.05, 0.1) is 18.8 Å². The van der Waals surface area contributed by atoms with Crippen LogP contribution < -0.4 is 14.9 Å². The van der Waals surface area contributed by atoms with Crippen molar-refractivity contribution < 1.29 is 18.7 Å². The second-order valence-electron chi connectivity index (χ2n) is 6.07. The van der Waals surface area contributed by atoms with Crippen molar-refractivity contribution in [3.63, 3.8) is 0 Å². The van der Waals surface area contributed by atoms with Gasteiger partial charge in [-0.25, -0.2) is 9.97 Å². The molecule has 0 aliphatic heterocycles. The van der Waals surface area contributed by atoms with Crippen molar-refractivity contribution in [2.75, 3.05) is 6.61 Å². The highest BCUT2D eigenvalue weighted by molar-refractivity contribution is 7.98. The molecule has 3 aromatic rings. The Balaban J connectivity index is 1.56. The minimum atomic E-state index is -0.545. The van der Waals surface area contributed by atoms with Gasteiger partial charge in [0.2, 0.25) is 11.2 Å². The van der Waals surface area contributed by atoms with E-state index < -0.39 is 11.4 Å². The molecule has 0 saturated heterocycles. The van der Waals surface area contributed by atoms with Crippen LogP contribution in [0.2, 0.25) is 0 Å². The molecule has 0 bridgehead atoms. The molecular formula is C21H20N2O5S. The number of aromatic nitrogens is 2. The summed E-state index contributed by atoms with van der Waals surface area (Å²) in [6, 6.07) is 10.2. The zero-order valence-corrected chi connectivity index (χ0v) is 16.9. The highest BCUT2D eigenvalue weighted by atomic mass is 32.2. The fourth-order valence-corrected chi connectivity index (χ4v) is 3.18. The molecule has 150 valence electrons. The molecule has 0 radical (unpaired) electrons. The number of hydrogen-bond donors (Lipinski definition) is 0. The van der Waals surface area contributed by atoms with Gasteiger partial charge >= 0.3 is 5.97 Å². The summed E-state index contributed by atoms with van der Waals surface area (Å²) < 4.78 is 15.9. The molecule has 1 aromatic carbocycles. The average Bonchev–Trinajstić information content (AvgIpc) is 2.70. The van der Waals surface area contributed by atoms with Crippen LogP contribution in [0.3, 0.4) is 0 Å². The van der Waals surface area contributed by atoms with Crippen molar-refractivity contribution >= 4 is 17.7 Å². The molecule has 2 aromatic heterocycles. The normalized spacial score (nSPS) is 10.6. The van der Waals surface area contributed by atoms with Crippen LogP contribution in [-0.2, 0) is 17.0 Å². The molecule has 0 unspecified atom stereocenters. The monoisotopic (exact) mass is 412 g/mol. The first kappa shape index (κ1) is 20.6. The number of nitrogens with zero attached hydrogens (tertiary/aromatic N) is 2.